The van der Waals surface area contributed by atoms with E-state index in [9.17, 15) is 38.4 Å². The number of hydrogen-bond donors (Lipinski definition) is 0. The molecule has 78 heavy (non-hydrogen) atoms. The summed E-state index contributed by atoms with van der Waals surface area (Å²) in [4.78, 5) is 107. The van der Waals surface area contributed by atoms with Crippen LogP contribution in [0.2, 0.25) is 0 Å². The molecule has 0 N–H and O–H groups in total. The van der Waals surface area contributed by atoms with Crippen LogP contribution in [0.1, 0.15) is 168 Å². The van der Waals surface area contributed by atoms with Gasteiger partial charge in [-0.05, 0) is 144 Å². The molecule has 4 aromatic rings. The van der Waals surface area contributed by atoms with E-state index in [0.29, 0.717) is 81.3 Å². The molecular weight excluding hydrogens is 977 g/mol. The van der Waals surface area contributed by atoms with E-state index in [0.717, 1.165) is 85.3 Å². The number of amides is 8. The third-order valence-corrected chi connectivity index (χ3v) is 15.3. The summed E-state index contributed by atoms with van der Waals surface area (Å²) in [7, 11) is 0. The summed E-state index contributed by atoms with van der Waals surface area (Å²) >= 11 is 0. The number of carbonyl (C=O) groups excluding carboxylic acids is 8. The maximum absolute atomic E-state index is 13.5. The summed E-state index contributed by atoms with van der Waals surface area (Å²) < 4.78 is 0. The summed E-state index contributed by atoms with van der Waals surface area (Å²) in [6.07, 6.45) is 24.8. The largest absolute Gasteiger partial charge is 0.274 e. The molecule has 4 aliphatic rings. The van der Waals surface area contributed by atoms with E-state index in [1.807, 2.05) is 47.6 Å². The molecule has 408 valence electrons. The molecule has 0 bridgehead atoms. The third-order valence-electron chi connectivity index (χ3n) is 15.3. The number of nitrogens with zero attached hydrogens (tertiary/aromatic N) is 4. The first kappa shape index (κ1) is 58.1. The minimum Gasteiger partial charge on any atom is -0.274 e. The van der Waals surface area contributed by atoms with Gasteiger partial charge in [-0.1, -0.05) is 142 Å². The van der Waals surface area contributed by atoms with Crippen LogP contribution in [0.15, 0.2) is 97.1 Å². The molecular formula is C66H76N4O8. The predicted molar refractivity (Wildman–Crippen MR) is 310 cm³/mol. The first-order valence-electron chi connectivity index (χ1n) is 28.4. The Labute approximate surface area is 460 Å². The van der Waals surface area contributed by atoms with E-state index < -0.39 is 5.92 Å². The van der Waals surface area contributed by atoms with Crippen molar-refractivity contribution in [3.05, 3.63) is 164 Å². The zero-order chi connectivity index (χ0) is 56.4. The van der Waals surface area contributed by atoms with E-state index >= 15 is 0 Å². The van der Waals surface area contributed by atoms with Crippen molar-refractivity contribution in [1.29, 1.82) is 0 Å². The second kappa shape index (κ2) is 26.2. The number of anilines is 4. The van der Waals surface area contributed by atoms with Crippen molar-refractivity contribution in [2.24, 2.45) is 5.92 Å². The first-order chi connectivity index (χ1) is 37.6. The van der Waals surface area contributed by atoms with Gasteiger partial charge >= 0.3 is 0 Å². The maximum atomic E-state index is 13.5. The Morgan fingerprint density at radius 2 is 0.641 bits per heavy atom. The molecule has 4 heterocycles. The fraction of sp³-hybridized carbons (Fsp3) is 0.394. The van der Waals surface area contributed by atoms with Crippen LogP contribution in [0.5, 0.6) is 0 Å². The zero-order valence-electron chi connectivity index (χ0n) is 47.2. The lowest BCUT2D eigenvalue weighted by Crippen LogP contribution is -2.32. The minimum atomic E-state index is -0.393. The van der Waals surface area contributed by atoms with Gasteiger partial charge in [-0.2, -0.15) is 0 Å². The molecule has 0 saturated carbocycles. The molecule has 4 aromatic carbocycles. The normalized spacial score (nSPS) is 16.2. The topological polar surface area (TPSA) is 150 Å². The lowest BCUT2D eigenvalue weighted by atomic mass is 9.92. The molecule has 0 aromatic heterocycles. The Morgan fingerprint density at radius 3 is 0.897 bits per heavy atom. The van der Waals surface area contributed by atoms with Crippen molar-refractivity contribution in [2.75, 3.05) is 19.6 Å². The molecule has 1 fully saturated rings. The van der Waals surface area contributed by atoms with E-state index in [2.05, 4.69) is 75.4 Å². The van der Waals surface area contributed by atoms with Crippen molar-refractivity contribution in [3.63, 3.8) is 0 Å². The van der Waals surface area contributed by atoms with Gasteiger partial charge in [0.15, 0.2) is 0 Å². The Bertz CT molecular complexity index is 2920. The van der Waals surface area contributed by atoms with Crippen LogP contribution in [0.3, 0.4) is 0 Å². The Morgan fingerprint density at radius 1 is 0.372 bits per heavy atom. The number of carbonyl (C=O) groups is 8. The number of rotatable bonds is 22. The standard InChI is InChI=1S/C37H46N2O4.C29H30N2O4/c1-6-11-12-13-14-15-16-31-24-34(42)39(37(31)43)36-29(9-4)22-26(23-30(36)10-5)19-25-20-27(7-2)35(28(8-3)21-25)38-32(40)17-18-33(38)41;1-5-20-14-18(15-21(6-2)28(20)30-24(32)9-10-25(30)33)13-19-16-22(7-3)29(23(8-4)17-19)31-26(34)11-12-27(31)35/h15-18,20-23,31H,6-14,19,24H2,1-5H3;9-12,14-17H,5-8,13H2,1-4H3/b16-15+;. The molecule has 8 amide bonds. The third kappa shape index (κ3) is 12.2. The smallest absolute Gasteiger partial charge is 0.258 e. The zero-order valence-corrected chi connectivity index (χ0v) is 47.2. The molecule has 0 radical (unpaired) electrons. The number of unbranched alkanes of at least 4 members (excludes halogenated alkanes) is 4. The Balaban J connectivity index is 0.000000231. The highest BCUT2D eigenvalue weighted by atomic mass is 16.2. The number of allylic oxidation sites excluding steroid dienone is 1. The molecule has 8 rings (SSSR count). The van der Waals surface area contributed by atoms with Crippen LogP contribution in [0.4, 0.5) is 22.7 Å². The number of benzene rings is 4. The number of hydrogen-bond acceptors (Lipinski definition) is 8. The summed E-state index contributed by atoms with van der Waals surface area (Å²) in [6, 6.07) is 16.8. The molecule has 0 aliphatic carbocycles. The quantitative estimate of drug-likeness (QED) is 0.0429. The SMILES string of the molecule is CCCCCC/C=C/C1CC(=O)N(c2c(CC)cc(Cc3cc(CC)c(N4C(=O)C=CC4=O)c(CC)c3)cc2CC)C1=O.CCc1cc(Cc2cc(CC)c(N3C(=O)C=CC3=O)c(CC)c2)cc(CC)c1N1C(=O)C=CC1=O. The van der Waals surface area contributed by atoms with Gasteiger partial charge in [0.2, 0.25) is 11.8 Å². The van der Waals surface area contributed by atoms with Crippen molar-refractivity contribution in [1.82, 2.24) is 0 Å². The van der Waals surface area contributed by atoms with E-state index in [1.165, 1.54) is 75.3 Å². The van der Waals surface area contributed by atoms with Gasteiger partial charge in [0.25, 0.3) is 35.4 Å². The van der Waals surface area contributed by atoms with E-state index in [4.69, 9.17) is 0 Å². The first-order valence-corrected chi connectivity index (χ1v) is 28.4. The maximum Gasteiger partial charge on any atom is 0.258 e. The van der Waals surface area contributed by atoms with Crippen LogP contribution >= 0.6 is 0 Å². The van der Waals surface area contributed by atoms with Crippen LogP contribution in [0.25, 0.3) is 0 Å². The van der Waals surface area contributed by atoms with Gasteiger partial charge in [-0.3, -0.25) is 38.4 Å². The number of imide groups is 4. The molecule has 4 aliphatic heterocycles. The van der Waals surface area contributed by atoms with E-state index in [1.54, 1.807) is 0 Å². The number of aryl methyl sites for hydroxylation is 8. The van der Waals surface area contributed by atoms with Crippen molar-refractivity contribution in [2.45, 2.75) is 165 Å². The Kier molecular flexibility index (Phi) is 19.5. The van der Waals surface area contributed by atoms with Crippen LogP contribution in [-0.2, 0) is 103 Å². The molecule has 1 atom stereocenters. The molecule has 12 heteroatoms. The summed E-state index contributed by atoms with van der Waals surface area (Å²) in [5, 5.41) is 0. The van der Waals surface area contributed by atoms with Gasteiger partial charge in [-0.15, -0.1) is 0 Å². The molecule has 1 unspecified atom stereocenters. The average Bonchev–Trinajstić information content (AvgIpc) is 4.26. The summed E-state index contributed by atoms with van der Waals surface area (Å²) in [6.45, 7) is 18.5. The second-order valence-electron chi connectivity index (χ2n) is 20.4. The monoisotopic (exact) mass is 1050 g/mol. The Hall–Kier alpha value is -7.60. The summed E-state index contributed by atoms with van der Waals surface area (Å²) in [5.41, 5.74) is 15.1. The van der Waals surface area contributed by atoms with E-state index in [-0.39, 0.29) is 53.7 Å². The van der Waals surface area contributed by atoms with Gasteiger partial charge < -0.3 is 0 Å². The van der Waals surface area contributed by atoms with Crippen molar-refractivity contribution in [3.8, 4) is 0 Å². The fourth-order valence-electron chi connectivity index (χ4n) is 11.4. The van der Waals surface area contributed by atoms with Crippen LogP contribution < -0.4 is 19.6 Å². The highest BCUT2D eigenvalue weighted by molar-refractivity contribution is 6.30. The van der Waals surface area contributed by atoms with Crippen LogP contribution in [0, 0.1) is 5.92 Å². The van der Waals surface area contributed by atoms with Gasteiger partial charge in [0.1, 0.15) is 0 Å². The van der Waals surface area contributed by atoms with Crippen LogP contribution in [-0.4, -0.2) is 47.3 Å². The molecule has 1 saturated heterocycles. The van der Waals surface area contributed by atoms with Gasteiger partial charge in [0, 0.05) is 42.9 Å². The molecule has 12 nitrogen and oxygen atoms in total. The second-order valence-corrected chi connectivity index (χ2v) is 20.4. The molecule has 0 spiro atoms. The lowest BCUT2D eigenvalue weighted by molar-refractivity contribution is -0.123. The van der Waals surface area contributed by atoms with Crippen molar-refractivity contribution >= 4 is 70.0 Å². The highest BCUT2D eigenvalue weighted by Gasteiger charge is 2.40. The fourth-order valence-corrected chi connectivity index (χ4v) is 11.4. The van der Waals surface area contributed by atoms with Crippen molar-refractivity contribution < 1.29 is 38.4 Å². The highest BCUT2D eigenvalue weighted by Crippen LogP contribution is 2.38. The average molecular weight is 1050 g/mol. The lowest BCUT2D eigenvalue weighted by Gasteiger charge is -2.24. The summed E-state index contributed by atoms with van der Waals surface area (Å²) in [5.74, 6) is -2.45. The van der Waals surface area contributed by atoms with Gasteiger partial charge in [0.05, 0.1) is 28.7 Å². The minimum absolute atomic E-state index is 0.122. The predicted octanol–water partition coefficient (Wildman–Crippen LogP) is 11.7. The van der Waals surface area contributed by atoms with Gasteiger partial charge in [-0.25, -0.2) is 19.6 Å².